The second-order valence-corrected chi connectivity index (χ2v) is 14.0. The van der Waals surface area contributed by atoms with Crippen LogP contribution >= 0.6 is 0 Å². The van der Waals surface area contributed by atoms with Crippen molar-refractivity contribution < 1.29 is 22.9 Å². The first kappa shape index (κ1) is 43.3. The number of allylic oxidation sites excluding steroid dienone is 7. The van der Waals surface area contributed by atoms with Gasteiger partial charge in [-0.15, -0.1) is 0 Å². The van der Waals surface area contributed by atoms with Crippen LogP contribution in [0.2, 0.25) is 0 Å². The fourth-order valence-corrected chi connectivity index (χ4v) is 5.90. The summed E-state index contributed by atoms with van der Waals surface area (Å²) in [6, 6.07) is -1.08. The summed E-state index contributed by atoms with van der Waals surface area (Å²) in [5, 5.41) is 13.1. The van der Waals surface area contributed by atoms with Crippen LogP contribution in [0.4, 0.5) is 0 Å². The number of hydrogen-bond donors (Lipinski definition) is 3. The van der Waals surface area contributed by atoms with Crippen LogP contribution < -0.4 is 5.32 Å². The average molecular weight is 652 g/mol. The molecule has 0 fully saturated rings. The van der Waals surface area contributed by atoms with Crippen LogP contribution in [0, 0.1) is 0 Å². The maximum atomic E-state index is 12.4. The fourth-order valence-electron chi connectivity index (χ4n) is 5.17. The molecule has 6 nitrogen and oxygen atoms in total. The Bertz CT molecular complexity index is 894. The van der Waals surface area contributed by atoms with Gasteiger partial charge in [0, 0.05) is 6.42 Å². The summed E-state index contributed by atoms with van der Waals surface area (Å²) in [5.41, 5.74) is 0. The smallest absolute Gasteiger partial charge is 0.267 e. The lowest BCUT2D eigenvalue weighted by molar-refractivity contribution is -0.122. The summed E-state index contributed by atoms with van der Waals surface area (Å²) in [6.45, 7) is 4.45. The Morgan fingerprint density at radius 3 is 1.47 bits per heavy atom. The molecular weight excluding hydrogens is 582 g/mol. The molecule has 0 radical (unpaired) electrons. The molecule has 0 saturated carbocycles. The first-order valence-corrected chi connectivity index (χ1v) is 19.9. The molecule has 0 aliphatic carbocycles. The molecule has 3 N–H and O–H groups in total. The summed E-state index contributed by atoms with van der Waals surface area (Å²) in [4.78, 5) is 12.4. The van der Waals surface area contributed by atoms with Gasteiger partial charge < -0.3 is 10.4 Å². The first-order valence-electron chi connectivity index (χ1n) is 18.3. The minimum atomic E-state index is -4.35. The lowest BCUT2D eigenvalue weighted by atomic mass is 10.1. The van der Waals surface area contributed by atoms with Gasteiger partial charge in [-0.05, 0) is 64.2 Å². The van der Waals surface area contributed by atoms with Gasteiger partial charge in [0.1, 0.15) is 0 Å². The van der Waals surface area contributed by atoms with E-state index in [1.165, 1.54) is 89.5 Å². The van der Waals surface area contributed by atoms with E-state index < -0.39 is 28.0 Å². The predicted octanol–water partition coefficient (Wildman–Crippen LogP) is 10.3. The molecule has 0 saturated heterocycles. The van der Waals surface area contributed by atoms with Gasteiger partial charge in [-0.1, -0.05) is 146 Å². The topological polar surface area (TPSA) is 104 Å². The van der Waals surface area contributed by atoms with Crippen molar-refractivity contribution in [3.05, 3.63) is 48.6 Å². The lowest BCUT2D eigenvalue weighted by Crippen LogP contribution is -2.46. The van der Waals surface area contributed by atoms with Crippen LogP contribution in [0.25, 0.3) is 0 Å². The SMILES string of the molecule is CCCC/C=C/CC/C=C/CC/C=C/C(O)C(CS(=O)(=O)O)NC(=O)CCCCCCCCC/C=C\CCCCCCCCC. The number of rotatable bonds is 32. The van der Waals surface area contributed by atoms with E-state index in [2.05, 4.69) is 55.6 Å². The lowest BCUT2D eigenvalue weighted by Gasteiger charge is -2.21. The maximum Gasteiger partial charge on any atom is 0.267 e. The van der Waals surface area contributed by atoms with Crippen molar-refractivity contribution in [2.75, 3.05) is 5.75 Å². The molecule has 262 valence electrons. The Morgan fingerprint density at radius 2 is 0.978 bits per heavy atom. The zero-order valence-corrected chi connectivity index (χ0v) is 29.8. The zero-order valence-electron chi connectivity index (χ0n) is 29.0. The van der Waals surface area contributed by atoms with Gasteiger partial charge in [0.05, 0.1) is 17.9 Å². The van der Waals surface area contributed by atoms with Gasteiger partial charge in [-0.3, -0.25) is 9.35 Å². The van der Waals surface area contributed by atoms with Crippen LogP contribution in [-0.4, -0.2) is 41.9 Å². The van der Waals surface area contributed by atoms with Gasteiger partial charge in [-0.2, -0.15) is 8.42 Å². The summed E-state index contributed by atoms with van der Waals surface area (Å²) in [5.74, 6) is -1.02. The zero-order chi connectivity index (χ0) is 33.3. The summed E-state index contributed by atoms with van der Waals surface area (Å²) in [6.07, 6.45) is 42.4. The molecule has 0 bridgehead atoms. The van der Waals surface area contributed by atoms with Crippen molar-refractivity contribution in [1.29, 1.82) is 0 Å². The van der Waals surface area contributed by atoms with E-state index in [-0.39, 0.29) is 12.3 Å². The Balaban J connectivity index is 4.02. The van der Waals surface area contributed by atoms with E-state index in [0.29, 0.717) is 6.42 Å². The molecule has 2 unspecified atom stereocenters. The molecule has 0 aliphatic heterocycles. The van der Waals surface area contributed by atoms with Gasteiger partial charge in [0.15, 0.2) is 0 Å². The number of hydrogen-bond acceptors (Lipinski definition) is 4. The van der Waals surface area contributed by atoms with Crippen LogP contribution in [0.3, 0.4) is 0 Å². The van der Waals surface area contributed by atoms with E-state index in [1.54, 1.807) is 6.08 Å². The number of carbonyl (C=O) groups excluding carboxylic acids is 1. The van der Waals surface area contributed by atoms with Gasteiger partial charge in [0.2, 0.25) is 5.91 Å². The summed E-state index contributed by atoms with van der Waals surface area (Å²) in [7, 11) is -4.35. The summed E-state index contributed by atoms with van der Waals surface area (Å²) >= 11 is 0. The molecule has 0 heterocycles. The van der Waals surface area contributed by atoms with Crippen LogP contribution in [0.15, 0.2) is 48.6 Å². The average Bonchev–Trinajstić information content (AvgIpc) is 3.00. The Hall–Kier alpha value is -1.70. The van der Waals surface area contributed by atoms with Crippen molar-refractivity contribution >= 4 is 16.0 Å². The van der Waals surface area contributed by atoms with Gasteiger partial charge >= 0.3 is 0 Å². The molecule has 0 aliphatic rings. The van der Waals surface area contributed by atoms with Gasteiger partial charge in [0.25, 0.3) is 10.1 Å². The van der Waals surface area contributed by atoms with E-state index in [1.807, 2.05) is 0 Å². The minimum Gasteiger partial charge on any atom is -0.387 e. The third-order valence-corrected chi connectivity index (χ3v) is 8.74. The number of carbonyl (C=O) groups is 1. The highest BCUT2D eigenvalue weighted by molar-refractivity contribution is 7.85. The Labute approximate surface area is 278 Å². The molecule has 0 spiro atoms. The maximum absolute atomic E-state index is 12.4. The highest BCUT2D eigenvalue weighted by Crippen LogP contribution is 2.12. The van der Waals surface area contributed by atoms with E-state index in [4.69, 9.17) is 0 Å². The van der Waals surface area contributed by atoms with Gasteiger partial charge in [-0.25, -0.2) is 0 Å². The summed E-state index contributed by atoms with van der Waals surface area (Å²) < 4.78 is 32.3. The van der Waals surface area contributed by atoms with E-state index in [9.17, 15) is 22.9 Å². The normalized spacial score (nSPS) is 14.0. The number of amides is 1. The molecule has 0 rings (SSSR count). The standard InChI is InChI=1S/C38H69NO5S/c1-3-5-7-9-11-13-15-17-18-19-20-21-22-24-26-28-30-32-34-38(41)39-36(35-45(42,43)44)37(40)33-31-29-27-25-23-16-14-12-10-8-6-4-2/h10,12,18-19,23,25,31,33,36-37,40H,3-9,11,13-17,20-22,24,26-30,32,34-35H2,1-2H3,(H,39,41)(H,42,43,44)/b12-10+,19-18-,25-23+,33-31+. The quantitative estimate of drug-likeness (QED) is 0.0381. The number of nitrogens with one attached hydrogen (secondary N) is 1. The second-order valence-electron chi connectivity index (χ2n) is 12.5. The minimum absolute atomic E-state index is 0.278. The van der Waals surface area contributed by atoms with Crippen molar-refractivity contribution in [2.45, 2.75) is 180 Å². The van der Waals surface area contributed by atoms with Crippen LogP contribution in [0.5, 0.6) is 0 Å². The monoisotopic (exact) mass is 651 g/mol. The number of aliphatic hydroxyl groups is 1. The third kappa shape index (κ3) is 33.5. The van der Waals surface area contributed by atoms with E-state index in [0.717, 1.165) is 57.8 Å². The third-order valence-electron chi connectivity index (χ3n) is 7.96. The van der Waals surface area contributed by atoms with Crippen molar-refractivity contribution in [3.63, 3.8) is 0 Å². The van der Waals surface area contributed by atoms with Crippen molar-refractivity contribution in [3.8, 4) is 0 Å². The van der Waals surface area contributed by atoms with Crippen LogP contribution in [-0.2, 0) is 14.9 Å². The van der Waals surface area contributed by atoms with Crippen molar-refractivity contribution in [1.82, 2.24) is 5.32 Å². The molecule has 0 aromatic rings. The Morgan fingerprint density at radius 1 is 0.578 bits per heavy atom. The molecule has 45 heavy (non-hydrogen) atoms. The molecule has 2 atom stereocenters. The fraction of sp³-hybridized carbons (Fsp3) is 0.763. The molecule has 0 aromatic heterocycles. The molecule has 7 heteroatoms. The van der Waals surface area contributed by atoms with Crippen LogP contribution in [0.1, 0.15) is 168 Å². The molecule has 1 amide bonds. The van der Waals surface area contributed by atoms with E-state index >= 15 is 0 Å². The molecule has 0 aromatic carbocycles. The Kier molecular flexibility index (Phi) is 31.0. The predicted molar refractivity (Wildman–Crippen MR) is 193 cm³/mol. The highest BCUT2D eigenvalue weighted by Gasteiger charge is 2.24. The first-order chi connectivity index (χ1) is 21.8. The largest absolute Gasteiger partial charge is 0.387 e. The highest BCUT2D eigenvalue weighted by atomic mass is 32.2. The number of aliphatic hydroxyl groups excluding tert-OH is 1. The second kappa shape index (κ2) is 32.2. The van der Waals surface area contributed by atoms with Crippen molar-refractivity contribution in [2.24, 2.45) is 0 Å². The molecular formula is C38H69NO5S. The number of unbranched alkanes of at least 4 members (excludes halogenated alkanes) is 18.